The minimum atomic E-state index is 1.32. The lowest BCUT2D eigenvalue weighted by Gasteiger charge is -1.69. The molecule has 0 heterocycles. The quantitative estimate of drug-likeness (QED) is 0.613. The van der Waals surface area contributed by atoms with Gasteiger partial charge in [-0.3, -0.25) is 0 Å². The van der Waals surface area contributed by atoms with Gasteiger partial charge in [0.25, 0.3) is 0 Å². The van der Waals surface area contributed by atoms with Gasteiger partial charge < -0.3 is 0 Å². The topological polar surface area (TPSA) is 0 Å². The van der Waals surface area contributed by atoms with Crippen molar-refractivity contribution >= 4 is 0 Å². The second-order valence-electron chi connectivity index (χ2n) is 3.31. The van der Waals surface area contributed by atoms with Crippen molar-refractivity contribution in [2.24, 2.45) is 0 Å². The third-order valence-corrected chi connectivity index (χ3v) is 1.83. The summed E-state index contributed by atoms with van der Waals surface area (Å²) in [5.41, 5.74) is 0. The van der Waals surface area contributed by atoms with Gasteiger partial charge in [-0.05, 0) is 0 Å². The van der Waals surface area contributed by atoms with E-state index < -0.39 is 0 Å². The molecule has 0 aliphatic rings. The lowest BCUT2D eigenvalue weighted by atomic mass is 10.4. The highest BCUT2D eigenvalue weighted by Crippen LogP contribution is 1.80. The average Bonchev–Trinajstić information content (AvgIpc) is 2.44. The number of hydrogen-bond acceptors (Lipinski definition) is 0. The van der Waals surface area contributed by atoms with Gasteiger partial charge >= 0.3 is 0 Å². The van der Waals surface area contributed by atoms with Crippen molar-refractivity contribution in [3.63, 3.8) is 0 Å². The Morgan fingerprint density at radius 2 is 0.500 bits per heavy atom. The zero-order chi connectivity index (χ0) is 11.9. The molecule has 0 radical (unpaired) electrons. The third kappa shape index (κ3) is 12.4. The van der Waals surface area contributed by atoms with Crippen molar-refractivity contribution in [1.29, 1.82) is 0 Å². The number of rotatable bonds is 1. The first kappa shape index (κ1) is 14.4. The summed E-state index contributed by atoms with van der Waals surface area (Å²) in [6.07, 6.45) is 2.64. The summed E-state index contributed by atoms with van der Waals surface area (Å²) in [6, 6.07) is 24.0. The van der Waals surface area contributed by atoms with E-state index in [1.54, 1.807) is 0 Å². The van der Waals surface area contributed by atoms with Crippen LogP contribution in [0, 0.1) is 0 Å². The molecule has 0 nitrogen and oxygen atoms in total. The van der Waals surface area contributed by atoms with E-state index in [2.05, 4.69) is 13.8 Å². The van der Waals surface area contributed by atoms with Crippen LogP contribution in [0.15, 0.2) is 72.8 Å². The van der Waals surface area contributed by atoms with Crippen LogP contribution in [0.2, 0.25) is 0 Å². The van der Waals surface area contributed by atoms with E-state index >= 15 is 0 Å². The number of hydrogen-bond donors (Lipinski definition) is 0. The maximum Gasteiger partial charge on any atom is -0.0564 e. The fourth-order valence-electron chi connectivity index (χ4n) is 0.770. The van der Waals surface area contributed by atoms with Crippen LogP contribution in [0.25, 0.3) is 0 Å². The van der Waals surface area contributed by atoms with Crippen molar-refractivity contribution in [3.8, 4) is 0 Å². The molecule has 0 fully saturated rings. The van der Waals surface area contributed by atoms with Crippen molar-refractivity contribution in [2.45, 2.75) is 26.7 Å². The number of benzene rings is 2. The molecule has 0 amide bonds. The van der Waals surface area contributed by atoms with E-state index in [-0.39, 0.29) is 0 Å². The van der Waals surface area contributed by atoms with Gasteiger partial charge in [-0.25, -0.2) is 0 Å². The van der Waals surface area contributed by atoms with Crippen LogP contribution in [0.4, 0.5) is 0 Å². The van der Waals surface area contributed by atoms with Gasteiger partial charge in [0.05, 0.1) is 0 Å². The lowest BCUT2D eigenvalue weighted by molar-refractivity contribution is 0.886. The summed E-state index contributed by atoms with van der Waals surface area (Å²) in [5, 5.41) is 0. The smallest absolute Gasteiger partial charge is 0.0564 e. The maximum atomic E-state index is 2.18. The molecule has 86 valence electrons. The summed E-state index contributed by atoms with van der Waals surface area (Å²) in [7, 11) is 0. The summed E-state index contributed by atoms with van der Waals surface area (Å²) < 4.78 is 0. The second-order valence-corrected chi connectivity index (χ2v) is 3.31. The van der Waals surface area contributed by atoms with Crippen LogP contribution in [0.1, 0.15) is 26.7 Å². The molecule has 0 atom stereocenters. The van der Waals surface area contributed by atoms with E-state index in [1.165, 1.54) is 12.8 Å². The molecule has 0 saturated carbocycles. The van der Waals surface area contributed by atoms with E-state index in [4.69, 9.17) is 0 Å². The third-order valence-electron chi connectivity index (χ3n) is 1.83. The highest BCUT2D eigenvalue weighted by Gasteiger charge is 1.58. The summed E-state index contributed by atoms with van der Waals surface area (Å²) >= 11 is 0. The largest absolute Gasteiger partial charge is 0.0654 e. The molecule has 0 unspecified atom stereocenters. The van der Waals surface area contributed by atoms with Crippen LogP contribution in [0.3, 0.4) is 0 Å². The molecule has 0 aromatic heterocycles. The van der Waals surface area contributed by atoms with Gasteiger partial charge in [-0.1, -0.05) is 99.5 Å². The van der Waals surface area contributed by atoms with Crippen LogP contribution < -0.4 is 0 Å². The zero-order valence-corrected chi connectivity index (χ0v) is 10.3. The Balaban J connectivity index is 0.000000217. The van der Waals surface area contributed by atoms with Crippen molar-refractivity contribution in [2.75, 3.05) is 0 Å². The van der Waals surface area contributed by atoms with E-state index in [1.807, 2.05) is 72.8 Å². The van der Waals surface area contributed by atoms with Gasteiger partial charge in [-0.15, -0.1) is 0 Å². The lowest BCUT2D eigenvalue weighted by Crippen LogP contribution is -1.47. The highest BCUT2D eigenvalue weighted by molar-refractivity contribution is 4.99. The molecular weight excluding hydrogens is 192 g/mol. The summed E-state index contributed by atoms with van der Waals surface area (Å²) in [6.45, 7) is 4.36. The van der Waals surface area contributed by atoms with E-state index in [9.17, 15) is 0 Å². The van der Waals surface area contributed by atoms with E-state index in [0.29, 0.717) is 0 Å². The molecule has 0 aliphatic heterocycles. The van der Waals surface area contributed by atoms with Crippen molar-refractivity contribution < 1.29 is 0 Å². The van der Waals surface area contributed by atoms with Gasteiger partial charge in [0, 0.05) is 0 Å². The molecule has 0 bridgehead atoms. The first-order chi connectivity index (χ1) is 7.91. The summed E-state index contributed by atoms with van der Waals surface area (Å²) in [5.74, 6) is 0. The summed E-state index contributed by atoms with van der Waals surface area (Å²) in [4.78, 5) is 0. The Labute approximate surface area is 100.0 Å². The molecule has 16 heavy (non-hydrogen) atoms. The predicted molar refractivity (Wildman–Crippen MR) is 73.5 cm³/mol. The van der Waals surface area contributed by atoms with Crippen molar-refractivity contribution in [3.05, 3.63) is 72.8 Å². The molecule has 2 rings (SSSR count). The SMILES string of the molecule is CCCC.c1ccccc1.c1ccccc1. The van der Waals surface area contributed by atoms with Crippen LogP contribution in [0.5, 0.6) is 0 Å². The molecule has 0 aliphatic carbocycles. The van der Waals surface area contributed by atoms with Crippen LogP contribution in [-0.2, 0) is 0 Å². The minimum Gasteiger partial charge on any atom is -0.0654 e. The highest BCUT2D eigenvalue weighted by atomic mass is 13.7. The average molecular weight is 214 g/mol. The second kappa shape index (κ2) is 13.4. The standard InChI is InChI=1S/2C6H6.C4H10/c2*1-2-4-6-5-3-1;1-3-4-2/h2*1-6H;3-4H2,1-2H3. The minimum absolute atomic E-state index is 1.32. The molecule has 0 N–H and O–H groups in total. The van der Waals surface area contributed by atoms with Crippen molar-refractivity contribution in [1.82, 2.24) is 0 Å². The van der Waals surface area contributed by atoms with Gasteiger partial charge in [0.1, 0.15) is 0 Å². The monoisotopic (exact) mass is 214 g/mol. The molecule has 2 aromatic rings. The van der Waals surface area contributed by atoms with Gasteiger partial charge in [0.15, 0.2) is 0 Å². The molecule has 0 spiro atoms. The van der Waals surface area contributed by atoms with Crippen LogP contribution in [-0.4, -0.2) is 0 Å². The number of unbranched alkanes of at least 4 members (excludes halogenated alkanes) is 1. The predicted octanol–water partition coefficient (Wildman–Crippen LogP) is 5.18. The molecule has 0 heteroatoms. The first-order valence-electron chi connectivity index (χ1n) is 5.91. The van der Waals surface area contributed by atoms with Gasteiger partial charge in [0.2, 0.25) is 0 Å². The Bertz CT molecular complexity index is 199. The Morgan fingerprint density at radius 3 is 0.562 bits per heavy atom. The van der Waals surface area contributed by atoms with E-state index in [0.717, 1.165) is 0 Å². The molecule has 2 aromatic carbocycles. The molecule has 0 saturated heterocycles. The fraction of sp³-hybridized carbons (Fsp3) is 0.250. The first-order valence-corrected chi connectivity index (χ1v) is 5.91. The Hall–Kier alpha value is -1.56. The Morgan fingerprint density at radius 1 is 0.375 bits per heavy atom. The van der Waals surface area contributed by atoms with Gasteiger partial charge in [-0.2, -0.15) is 0 Å². The fourth-order valence-corrected chi connectivity index (χ4v) is 0.770. The normalized spacial score (nSPS) is 7.88. The zero-order valence-electron chi connectivity index (χ0n) is 10.3. The maximum absolute atomic E-state index is 2.18. The molecular formula is C16H22. The Kier molecular flexibility index (Phi) is 12.1. The van der Waals surface area contributed by atoms with Crippen LogP contribution >= 0.6 is 0 Å².